The fourth-order valence-corrected chi connectivity index (χ4v) is 3.70. The number of aryl methyl sites for hydroxylation is 1. The summed E-state index contributed by atoms with van der Waals surface area (Å²) in [6.07, 6.45) is 0. The number of carbonyl (C=O) groups is 1. The predicted molar refractivity (Wildman–Crippen MR) is 108 cm³/mol. The maximum Gasteiger partial charge on any atom is 0.279 e. The molecule has 0 spiro atoms. The van der Waals surface area contributed by atoms with Crippen LogP contribution in [0.5, 0.6) is 0 Å². The number of aromatic nitrogens is 1. The van der Waals surface area contributed by atoms with E-state index in [0.29, 0.717) is 5.69 Å². The van der Waals surface area contributed by atoms with Crippen molar-refractivity contribution in [1.82, 2.24) is 10.3 Å². The Morgan fingerprint density at radius 2 is 1.72 bits per heavy atom. The number of nitrogens with one attached hydrogen (secondary N) is 1. The number of hydrogen-bond donors (Lipinski definition) is 1. The van der Waals surface area contributed by atoms with Crippen LogP contribution in [-0.2, 0) is 6.54 Å². The van der Waals surface area contributed by atoms with Crippen LogP contribution in [0, 0.1) is 34.1 Å². The molecule has 0 saturated heterocycles. The van der Waals surface area contributed by atoms with Crippen LogP contribution in [0.4, 0.5) is 11.4 Å². The molecule has 1 N–H and O–H groups in total. The molecule has 1 amide bonds. The van der Waals surface area contributed by atoms with E-state index in [2.05, 4.69) is 10.3 Å². The lowest BCUT2D eigenvalue weighted by molar-refractivity contribution is -0.395. The lowest BCUT2D eigenvalue weighted by Gasteiger charge is -2.06. The molecular weight excluding hydrogens is 396 g/mol. The molecule has 0 aliphatic heterocycles. The average molecular weight is 412 g/mol. The van der Waals surface area contributed by atoms with Crippen LogP contribution in [-0.4, -0.2) is 20.7 Å². The fourth-order valence-electron chi connectivity index (χ4n) is 2.79. The summed E-state index contributed by atoms with van der Waals surface area (Å²) in [7, 11) is 0. The Morgan fingerprint density at radius 1 is 1.10 bits per heavy atom. The van der Waals surface area contributed by atoms with E-state index in [1.165, 1.54) is 18.3 Å². The quantitative estimate of drug-likeness (QED) is 0.478. The number of benzene rings is 2. The zero-order chi connectivity index (χ0) is 21.1. The largest absolute Gasteiger partial charge is 0.346 e. The molecule has 0 aliphatic rings. The van der Waals surface area contributed by atoms with Crippen molar-refractivity contribution in [1.29, 1.82) is 0 Å². The second-order valence-corrected chi connectivity index (χ2v) is 7.15. The zero-order valence-corrected chi connectivity index (χ0v) is 16.4. The van der Waals surface area contributed by atoms with Gasteiger partial charge < -0.3 is 5.32 Å². The Hall–Kier alpha value is -3.66. The molecule has 10 heteroatoms. The van der Waals surface area contributed by atoms with Crippen molar-refractivity contribution >= 4 is 28.6 Å². The maximum atomic E-state index is 12.4. The third-order valence-electron chi connectivity index (χ3n) is 4.37. The van der Waals surface area contributed by atoms with Gasteiger partial charge in [-0.2, -0.15) is 0 Å². The van der Waals surface area contributed by atoms with Crippen molar-refractivity contribution < 1.29 is 14.6 Å². The molecule has 0 atom stereocenters. The van der Waals surface area contributed by atoms with E-state index in [1.54, 1.807) is 0 Å². The first-order valence-electron chi connectivity index (χ1n) is 8.50. The molecule has 29 heavy (non-hydrogen) atoms. The monoisotopic (exact) mass is 412 g/mol. The minimum absolute atomic E-state index is 0.0939. The Kier molecular flexibility index (Phi) is 5.64. The molecule has 1 heterocycles. The predicted octanol–water partition coefficient (Wildman–Crippen LogP) is 4.17. The van der Waals surface area contributed by atoms with Gasteiger partial charge in [0.1, 0.15) is 10.6 Å². The van der Waals surface area contributed by atoms with Gasteiger partial charge in [0.25, 0.3) is 17.3 Å². The second-order valence-electron chi connectivity index (χ2n) is 6.30. The normalized spacial score (nSPS) is 10.6. The molecule has 0 aliphatic carbocycles. The molecule has 2 aromatic carbocycles. The van der Waals surface area contributed by atoms with Crippen molar-refractivity contribution in [2.24, 2.45) is 0 Å². The van der Waals surface area contributed by atoms with Crippen molar-refractivity contribution in [3.8, 4) is 10.6 Å². The van der Waals surface area contributed by atoms with Gasteiger partial charge in [-0.25, -0.2) is 4.98 Å². The Bertz CT molecular complexity index is 1090. The van der Waals surface area contributed by atoms with Gasteiger partial charge in [0.2, 0.25) is 0 Å². The summed E-state index contributed by atoms with van der Waals surface area (Å²) in [5.74, 6) is -0.651. The van der Waals surface area contributed by atoms with Crippen LogP contribution < -0.4 is 5.32 Å². The van der Waals surface area contributed by atoms with E-state index in [1.807, 2.05) is 36.6 Å². The van der Waals surface area contributed by atoms with Crippen molar-refractivity contribution in [3.63, 3.8) is 0 Å². The van der Waals surface area contributed by atoms with Crippen molar-refractivity contribution in [2.75, 3.05) is 0 Å². The highest BCUT2D eigenvalue weighted by atomic mass is 32.1. The maximum absolute atomic E-state index is 12.4. The van der Waals surface area contributed by atoms with E-state index in [4.69, 9.17) is 0 Å². The Labute approximate surface area is 169 Å². The summed E-state index contributed by atoms with van der Waals surface area (Å²) < 4.78 is 0. The van der Waals surface area contributed by atoms with Crippen molar-refractivity contribution in [2.45, 2.75) is 20.4 Å². The Balaban J connectivity index is 1.79. The third-order valence-corrected chi connectivity index (χ3v) is 5.29. The van der Waals surface area contributed by atoms with E-state index < -0.39 is 27.1 Å². The number of nitro groups is 2. The fraction of sp³-hybridized carbons (Fsp3) is 0.158. The van der Waals surface area contributed by atoms with Crippen LogP contribution >= 0.6 is 11.3 Å². The number of nitrogens with zero attached hydrogens (tertiary/aromatic N) is 3. The smallest absolute Gasteiger partial charge is 0.279 e. The third kappa shape index (κ3) is 4.27. The lowest BCUT2D eigenvalue weighted by Crippen LogP contribution is -2.23. The molecule has 0 fully saturated rings. The average Bonchev–Trinajstić information content (AvgIpc) is 3.15. The first-order chi connectivity index (χ1) is 13.8. The van der Waals surface area contributed by atoms with Gasteiger partial charge in [0.05, 0.1) is 27.6 Å². The molecule has 3 rings (SSSR count). The van der Waals surface area contributed by atoms with E-state index in [9.17, 15) is 25.0 Å². The molecule has 0 unspecified atom stereocenters. The van der Waals surface area contributed by atoms with E-state index in [-0.39, 0.29) is 17.7 Å². The standard InChI is InChI=1S/C19H16N4O5S/c1-11-5-3-4-6-15(11)19-21-14(10-29-19)9-20-18(24)13-7-16(22(25)26)12(2)17(8-13)23(27)28/h3-8,10H,9H2,1-2H3,(H,20,24). The first kappa shape index (κ1) is 20.1. The SMILES string of the molecule is Cc1ccccc1-c1nc(CNC(=O)c2cc([N+](=O)[O-])c(C)c([N+](=O)[O-])c2)cs1. The van der Waals surface area contributed by atoms with Crippen LogP contribution in [0.1, 0.15) is 27.2 Å². The first-order valence-corrected chi connectivity index (χ1v) is 9.38. The number of nitro benzene ring substituents is 2. The highest BCUT2D eigenvalue weighted by molar-refractivity contribution is 7.13. The summed E-state index contributed by atoms with van der Waals surface area (Å²) >= 11 is 1.44. The Morgan fingerprint density at radius 3 is 2.31 bits per heavy atom. The van der Waals surface area contributed by atoms with Crippen LogP contribution in [0.3, 0.4) is 0 Å². The highest BCUT2D eigenvalue weighted by Crippen LogP contribution is 2.30. The molecule has 3 aromatic rings. The molecule has 1 aromatic heterocycles. The van der Waals surface area contributed by atoms with Crippen LogP contribution in [0.15, 0.2) is 41.8 Å². The number of carbonyl (C=O) groups excluding carboxylic acids is 1. The molecule has 0 radical (unpaired) electrons. The summed E-state index contributed by atoms with van der Waals surface area (Å²) in [6.45, 7) is 3.35. The summed E-state index contributed by atoms with van der Waals surface area (Å²) in [6, 6.07) is 9.88. The van der Waals surface area contributed by atoms with Gasteiger partial charge in [-0.3, -0.25) is 25.0 Å². The summed E-state index contributed by atoms with van der Waals surface area (Å²) in [4.78, 5) is 37.8. The van der Waals surface area contributed by atoms with Crippen molar-refractivity contribution in [3.05, 3.63) is 84.4 Å². The second kappa shape index (κ2) is 8.15. The van der Waals surface area contributed by atoms with Gasteiger partial charge in [-0.15, -0.1) is 11.3 Å². The van der Waals surface area contributed by atoms with Gasteiger partial charge in [-0.1, -0.05) is 24.3 Å². The zero-order valence-electron chi connectivity index (χ0n) is 15.5. The lowest BCUT2D eigenvalue weighted by atomic mass is 10.1. The van der Waals surface area contributed by atoms with Gasteiger partial charge in [0.15, 0.2) is 0 Å². The van der Waals surface area contributed by atoms with Gasteiger partial charge >= 0.3 is 0 Å². The molecular formula is C19H16N4O5S. The minimum atomic E-state index is -0.742. The molecule has 0 saturated carbocycles. The van der Waals surface area contributed by atoms with Crippen LogP contribution in [0.2, 0.25) is 0 Å². The van der Waals surface area contributed by atoms with E-state index >= 15 is 0 Å². The minimum Gasteiger partial charge on any atom is -0.346 e. The van der Waals surface area contributed by atoms with Gasteiger partial charge in [0, 0.05) is 23.1 Å². The van der Waals surface area contributed by atoms with E-state index in [0.717, 1.165) is 28.3 Å². The number of hydrogen-bond acceptors (Lipinski definition) is 7. The number of thiazole rings is 1. The van der Waals surface area contributed by atoms with Crippen LogP contribution in [0.25, 0.3) is 10.6 Å². The summed E-state index contributed by atoms with van der Waals surface area (Å²) in [5.41, 5.74) is 1.51. The number of rotatable bonds is 6. The molecule has 0 bridgehead atoms. The molecule has 148 valence electrons. The summed E-state index contributed by atoms with van der Waals surface area (Å²) in [5, 5.41) is 27.5. The highest BCUT2D eigenvalue weighted by Gasteiger charge is 2.25. The molecule has 9 nitrogen and oxygen atoms in total. The topological polar surface area (TPSA) is 128 Å². The number of amides is 1. The van der Waals surface area contributed by atoms with Gasteiger partial charge in [-0.05, 0) is 19.4 Å².